The molecule has 1 saturated heterocycles. The highest BCUT2D eigenvalue weighted by molar-refractivity contribution is 4.75. The van der Waals surface area contributed by atoms with Crippen molar-refractivity contribution in [3.63, 3.8) is 0 Å². The summed E-state index contributed by atoms with van der Waals surface area (Å²) in [7, 11) is 4.15. The van der Waals surface area contributed by atoms with Crippen molar-refractivity contribution in [3.05, 3.63) is 0 Å². The molecule has 2 N–H and O–H groups in total. The fourth-order valence-corrected chi connectivity index (χ4v) is 1.44. The van der Waals surface area contributed by atoms with Crippen LogP contribution < -0.4 is 5.73 Å². The Morgan fingerprint density at radius 2 is 1.41 bits per heavy atom. The van der Waals surface area contributed by atoms with Gasteiger partial charge in [-0.25, -0.2) is 0 Å². The molecule has 0 aliphatic carbocycles. The minimum absolute atomic E-state index is 0. The lowest BCUT2D eigenvalue weighted by Gasteiger charge is -2.32. The van der Waals surface area contributed by atoms with E-state index in [1.807, 2.05) is 0 Å². The zero-order valence-corrected chi connectivity index (χ0v) is 12.0. The average molecular weight is 245 g/mol. The van der Waals surface area contributed by atoms with Crippen LogP contribution in [0.25, 0.3) is 0 Å². The summed E-state index contributed by atoms with van der Waals surface area (Å²) in [6, 6.07) is 1.85. The second-order valence-corrected chi connectivity index (χ2v) is 5.52. The predicted molar refractivity (Wildman–Crippen MR) is 79.5 cm³/mol. The van der Waals surface area contributed by atoms with Crippen molar-refractivity contribution in [2.75, 3.05) is 27.2 Å². The molecule has 1 aliphatic heterocycles. The van der Waals surface area contributed by atoms with Crippen LogP contribution >= 0.6 is 0 Å². The highest BCUT2D eigenvalue weighted by atomic mass is 15.2. The number of hydrogen-bond donors (Lipinski definition) is 1. The van der Waals surface area contributed by atoms with Crippen LogP contribution in [0.4, 0.5) is 0 Å². The van der Waals surface area contributed by atoms with Crippen LogP contribution in [0.1, 0.15) is 48.0 Å². The van der Waals surface area contributed by atoms with E-state index >= 15 is 0 Å². The minimum Gasteiger partial charge on any atom is -0.328 e. The number of rotatable bonds is 2. The maximum atomic E-state index is 5.77. The van der Waals surface area contributed by atoms with Gasteiger partial charge in [-0.05, 0) is 67.7 Å². The smallest absolute Gasteiger partial charge is 0.00631 e. The van der Waals surface area contributed by atoms with E-state index in [0.717, 1.165) is 0 Å². The summed E-state index contributed by atoms with van der Waals surface area (Å²) < 4.78 is 0. The number of nitrogens with zero attached hydrogens (tertiary/aromatic N) is 2. The minimum atomic E-state index is 0. The third-order valence-corrected chi connectivity index (χ3v) is 3.34. The van der Waals surface area contributed by atoms with Crippen LogP contribution in [0.3, 0.4) is 0 Å². The maximum Gasteiger partial charge on any atom is 0.00631 e. The molecule has 0 spiro atoms. The molecule has 0 unspecified atom stereocenters. The van der Waals surface area contributed by atoms with Crippen LogP contribution in [0.5, 0.6) is 0 Å². The lowest BCUT2D eigenvalue weighted by Crippen LogP contribution is -2.42. The lowest BCUT2D eigenvalue weighted by molar-refractivity contribution is 0.173. The van der Waals surface area contributed by atoms with Crippen molar-refractivity contribution in [3.8, 4) is 0 Å². The van der Waals surface area contributed by atoms with Crippen molar-refractivity contribution in [2.45, 2.75) is 66.1 Å². The van der Waals surface area contributed by atoms with Gasteiger partial charge in [-0.3, -0.25) is 0 Å². The Kier molecular flexibility index (Phi) is 11.2. The van der Waals surface area contributed by atoms with E-state index in [0.29, 0.717) is 18.1 Å². The van der Waals surface area contributed by atoms with Crippen molar-refractivity contribution in [1.29, 1.82) is 0 Å². The number of nitrogens with two attached hydrogens (primary N) is 1. The van der Waals surface area contributed by atoms with Gasteiger partial charge in [0.15, 0.2) is 0 Å². The van der Waals surface area contributed by atoms with Crippen molar-refractivity contribution in [1.82, 2.24) is 9.80 Å². The zero-order valence-electron chi connectivity index (χ0n) is 12.0. The van der Waals surface area contributed by atoms with Gasteiger partial charge in [0.25, 0.3) is 0 Å². The average Bonchev–Trinajstić information content (AvgIpc) is 2.19. The first-order valence-corrected chi connectivity index (χ1v) is 6.50. The van der Waals surface area contributed by atoms with Gasteiger partial charge in [0.2, 0.25) is 0 Å². The Labute approximate surface area is 109 Å². The zero-order chi connectivity index (χ0) is 12.7. The van der Waals surface area contributed by atoms with E-state index in [2.05, 4.69) is 51.6 Å². The van der Waals surface area contributed by atoms with Crippen LogP contribution in [-0.4, -0.2) is 55.1 Å². The predicted octanol–water partition coefficient (Wildman–Crippen LogP) is 2.41. The maximum absolute atomic E-state index is 5.77. The molecule has 17 heavy (non-hydrogen) atoms. The Morgan fingerprint density at radius 1 is 1.06 bits per heavy atom. The third kappa shape index (κ3) is 9.57. The van der Waals surface area contributed by atoms with Crippen LogP contribution in [0.15, 0.2) is 0 Å². The summed E-state index contributed by atoms with van der Waals surface area (Å²) in [4.78, 5) is 4.66. The quantitative estimate of drug-likeness (QED) is 0.811. The molecule has 106 valence electrons. The molecule has 0 aromatic heterocycles. The summed E-state index contributed by atoms with van der Waals surface area (Å²) in [6.45, 7) is 11.2. The molecule has 0 bridgehead atoms. The molecule has 1 rings (SSSR count). The highest BCUT2D eigenvalue weighted by Gasteiger charge is 2.17. The first-order chi connectivity index (χ1) is 7.34. The van der Waals surface area contributed by atoms with E-state index in [9.17, 15) is 0 Å². The molecule has 0 aromatic rings. The number of hydrogen-bond acceptors (Lipinski definition) is 3. The standard InChI is InChI=1S/C8H18N2.C5H13N.CH4/c1-7(2)10-5-3-8(9)4-6-10;1-5(2)6(3)4;/h7-8H,3-6,9H2,1-2H3;5H,1-4H3;1H4. The molecule has 0 amide bonds. The van der Waals surface area contributed by atoms with Gasteiger partial charge in [-0.15, -0.1) is 0 Å². The Balaban J connectivity index is 0. The second-order valence-electron chi connectivity index (χ2n) is 5.52. The van der Waals surface area contributed by atoms with Crippen LogP contribution in [-0.2, 0) is 0 Å². The largest absolute Gasteiger partial charge is 0.328 e. The Hall–Kier alpha value is -0.120. The molecular weight excluding hydrogens is 210 g/mol. The summed E-state index contributed by atoms with van der Waals surface area (Å²) in [5, 5.41) is 0. The van der Waals surface area contributed by atoms with Crippen molar-refractivity contribution in [2.24, 2.45) is 5.73 Å². The summed E-state index contributed by atoms with van der Waals surface area (Å²) in [5.41, 5.74) is 5.77. The molecule has 0 radical (unpaired) electrons. The van der Waals surface area contributed by atoms with E-state index < -0.39 is 0 Å². The molecule has 3 heteroatoms. The fraction of sp³-hybridized carbons (Fsp3) is 1.00. The van der Waals surface area contributed by atoms with Gasteiger partial charge >= 0.3 is 0 Å². The second kappa shape index (κ2) is 9.86. The van der Waals surface area contributed by atoms with E-state index in [1.165, 1.54) is 25.9 Å². The van der Waals surface area contributed by atoms with Gasteiger partial charge in [0, 0.05) is 18.1 Å². The fourth-order valence-electron chi connectivity index (χ4n) is 1.44. The third-order valence-electron chi connectivity index (χ3n) is 3.34. The van der Waals surface area contributed by atoms with Gasteiger partial charge < -0.3 is 15.5 Å². The van der Waals surface area contributed by atoms with Gasteiger partial charge in [0.05, 0.1) is 0 Å². The monoisotopic (exact) mass is 245 g/mol. The summed E-state index contributed by atoms with van der Waals surface area (Å²) >= 11 is 0. The molecule has 0 atom stereocenters. The van der Waals surface area contributed by atoms with Crippen molar-refractivity contribution >= 4 is 0 Å². The Morgan fingerprint density at radius 3 is 1.65 bits per heavy atom. The molecule has 0 saturated carbocycles. The Bertz CT molecular complexity index is 153. The summed E-state index contributed by atoms with van der Waals surface area (Å²) in [6.07, 6.45) is 2.36. The van der Waals surface area contributed by atoms with Gasteiger partial charge in [-0.2, -0.15) is 0 Å². The van der Waals surface area contributed by atoms with E-state index in [-0.39, 0.29) is 7.43 Å². The SMILES string of the molecule is C.CC(C)N(C)C.CC(C)N1CCC(N)CC1. The highest BCUT2D eigenvalue weighted by Crippen LogP contribution is 2.10. The topological polar surface area (TPSA) is 32.5 Å². The molecule has 3 nitrogen and oxygen atoms in total. The molecular formula is C14H35N3. The lowest BCUT2D eigenvalue weighted by atomic mass is 10.1. The van der Waals surface area contributed by atoms with Crippen LogP contribution in [0.2, 0.25) is 0 Å². The van der Waals surface area contributed by atoms with Crippen molar-refractivity contribution < 1.29 is 0 Å². The molecule has 1 heterocycles. The first-order valence-electron chi connectivity index (χ1n) is 6.50. The molecule has 1 aliphatic rings. The molecule has 1 fully saturated rings. The number of piperidine rings is 1. The molecule has 0 aromatic carbocycles. The van der Waals surface area contributed by atoms with Gasteiger partial charge in [-0.1, -0.05) is 7.43 Å². The van der Waals surface area contributed by atoms with E-state index in [1.54, 1.807) is 0 Å². The normalized spacial score (nSPS) is 18.0. The van der Waals surface area contributed by atoms with Crippen LogP contribution in [0, 0.1) is 0 Å². The van der Waals surface area contributed by atoms with E-state index in [4.69, 9.17) is 5.73 Å². The number of likely N-dealkylation sites (tertiary alicyclic amines) is 1. The summed E-state index contributed by atoms with van der Waals surface area (Å²) in [5.74, 6) is 0. The first kappa shape index (κ1) is 19.2. The van der Waals surface area contributed by atoms with Gasteiger partial charge in [0.1, 0.15) is 0 Å².